The minimum Gasteiger partial charge on any atom is -0.205 e. The molecule has 0 amide bonds. The summed E-state index contributed by atoms with van der Waals surface area (Å²) in [5.41, 5.74) is 1.51. The summed E-state index contributed by atoms with van der Waals surface area (Å²) in [5, 5.41) is 0. The Hall–Kier alpha value is -0.850. The number of aromatic nitrogens is 1. The van der Waals surface area contributed by atoms with Crippen LogP contribution >= 0.6 is 0 Å². The van der Waals surface area contributed by atoms with E-state index in [1.54, 1.807) is 0 Å². The Morgan fingerprint density at radius 3 is 1.81 bits per heavy atom. The van der Waals surface area contributed by atoms with Crippen LogP contribution in [-0.4, -0.2) is 0 Å². The molecule has 0 saturated heterocycles. The van der Waals surface area contributed by atoms with Gasteiger partial charge >= 0.3 is 0 Å². The van der Waals surface area contributed by atoms with E-state index in [4.69, 9.17) is 0 Å². The van der Waals surface area contributed by atoms with E-state index in [1.807, 2.05) is 0 Å². The lowest BCUT2D eigenvalue weighted by atomic mass is 10.1. The first-order valence-corrected chi connectivity index (χ1v) is 9.34. The molecule has 0 aliphatic carbocycles. The highest BCUT2D eigenvalue weighted by molar-refractivity contribution is 5.07. The Kier molecular flexibility index (Phi) is 11.1. The van der Waals surface area contributed by atoms with E-state index >= 15 is 0 Å². The van der Waals surface area contributed by atoms with Gasteiger partial charge in [-0.25, -0.2) is 4.57 Å². The van der Waals surface area contributed by atoms with Crippen LogP contribution < -0.4 is 4.57 Å². The van der Waals surface area contributed by atoms with Crippen LogP contribution in [0.3, 0.4) is 0 Å². The molecule has 1 rings (SSSR count). The molecule has 0 radical (unpaired) electrons. The van der Waals surface area contributed by atoms with Gasteiger partial charge in [0.2, 0.25) is 0 Å². The van der Waals surface area contributed by atoms with Crippen molar-refractivity contribution >= 4 is 0 Å². The van der Waals surface area contributed by atoms with Crippen LogP contribution in [0.15, 0.2) is 24.5 Å². The second kappa shape index (κ2) is 12.9. The van der Waals surface area contributed by atoms with E-state index in [1.165, 1.54) is 89.2 Å². The van der Waals surface area contributed by atoms with Crippen LogP contribution in [-0.2, 0) is 13.0 Å². The van der Waals surface area contributed by atoms with E-state index in [-0.39, 0.29) is 0 Å². The van der Waals surface area contributed by atoms with Crippen LogP contribution in [0.2, 0.25) is 0 Å². The number of hydrogen-bond acceptors (Lipinski definition) is 0. The zero-order valence-corrected chi connectivity index (χ0v) is 14.4. The summed E-state index contributed by atoms with van der Waals surface area (Å²) in [6.45, 7) is 5.74. The van der Waals surface area contributed by atoms with Crippen molar-refractivity contribution in [3.05, 3.63) is 30.1 Å². The summed E-state index contributed by atoms with van der Waals surface area (Å²) in [4.78, 5) is 0. The predicted molar refractivity (Wildman–Crippen MR) is 92.5 cm³/mol. The fraction of sp³-hybridized carbons (Fsp3) is 0.750. The van der Waals surface area contributed by atoms with Gasteiger partial charge in [-0.15, -0.1) is 0 Å². The molecule has 1 aromatic heterocycles. The maximum absolute atomic E-state index is 2.34. The smallest absolute Gasteiger partial charge is 0.169 e. The topological polar surface area (TPSA) is 3.88 Å². The molecule has 0 aliphatic heterocycles. The standard InChI is InChI=1S/C20H36N/c1-3-5-7-9-10-12-14-20-15-18-21(19-16-20)17-13-11-8-6-4-2/h15-16,18-19H,3-14,17H2,1-2H3/q+1. The molecule has 0 bridgehead atoms. The zero-order valence-electron chi connectivity index (χ0n) is 14.4. The van der Waals surface area contributed by atoms with Gasteiger partial charge in [-0.05, 0) is 24.8 Å². The average molecular weight is 291 g/mol. The molecule has 120 valence electrons. The van der Waals surface area contributed by atoms with Crippen molar-refractivity contribution in [1.82, 2.24) is 0 Å². The number of unbranched alkanes of at least 4 members (excludes halogenated alkanes) is 9. The van der Waals surface area contributed by atoms with Crippen LogP contribution in [0.1, 0.15) is 90.0 Å². The highest BCUT2D eigenvalue weighted by Gasteiger charge is 2.01. The van der Waals surface area contributed by atoms with E-state index in [0.29, 0.717) is 0 Å². The summed E-state index contributed by atoms with van der Waals surface area (Å²) in [5.74, 6) is 0. The Labute approximate surface area is 132 Å². The van der Waals surface area contributed by atoms with Gasteiger partial charge in [0.05, 0.1) is 0 Å². The summed E-state index contributed by atoms with van der Waals surface area (Å²) in [6, 6.07) is 4.64. The van der Waals surface area contributed by atoms with Crippen molar-refractivity contribution in [2.24, 2.45) is 0 Å². The second-order valence-corrected chi connectivity index (χ2v) is 6.38. The van der Waals surface area contributed by atoms with Gasteiger partial charge in [-0.2, -0.15) is 0 Å². The van der Waals surface area contributed by atoms with Gasteiger partial charge in [0, 0.05) is 18.6 Å². The summed E-state index contributed by atoms with van der Waals surface area (Å²) < 4.78 is 2.34. The maximum atomic E-state index is 2.34. The third-order valence-electron chi connectivity index (χ3n) is 4.30. The van der Waals surface area contributed by atoms with Gasteiger partial charge in [-0.3, -0.25) is 0 Å². The summed E-state index contributed by atoms with van der Waals surface area (Å²) in [6.07, 6.45) is 20.9. The minimum absolute atomic E-state index is 1.18. The number of nitrogens with zero attached hydrogens (tertiary/aromatic N) is 1. The van der Waals surface area contributed by atoms with E-state index in [9.17, 15) is 0 Å². The first kappa shape index (κ1) is 18.2. The van der Waals surface area contributed by atoms with E-state index in [2.05, 4.69) is 42.9 Å². The number of pyridine rings is 1. The van der Waals surface area contributed by atoms with Crippen LogP contribution in [0.25, 0.3) is 0 Å². The van der Waals surface area contributed by atoms with E-state index in [0.717, 1.165) is 0 Å². The molecule has 21 heavy (non-hydrogen) atoms. The Balaban J connectivity index is 2.09. The van der Waals surface area contributed by atoms with Gasteiger partial charge in [0.15, 0.2) is 12.4 Å². The highest BCUT2D eigenvalue weighted by Crippen LogP contribution is 2.09. The number of hydrogen-bond donors (Lipinski definition) is 0. The first-order valence-electron chi connectivity index (χ1n) is 9.34. The lowest BCUT2D eigenvalue weighted by Gasteiger charge is -2.02. The lowest BCUT2D eigenvalue weighted by Crippen LogP contribution is -2.32. The predicted octanol–water partition coefficient (Wildman–Crippen LogP) is 5.85. The van der Waals surface area contributed by atoms with Crippen LogP contribution in [0.5, 0.6) is 0 Å². The fourth-order valence-electron chi connectivity index (χ4n) is 2.81. The molecule has 0 saturated carbocycles. The molecule has 0 aromatic carbocycles. The molecule has 1 heteroatoms. The zero-order chi connectivity index (χ0) is 15.2. The molecular formula is C20H36N+. The fourth-order valence-corrected chi connectivity index (χ4v) is 2.81. The molecule has 0 atom stereocenters. The van der Waals surface area contributed by atoms with Crippen LogP contribution in [0.4, 0.5) is 0 Å². The largest absolute Gasteiger partial charge is 0.205 e. The molecule has 0 aliphatic rings. The molecule has 1 heterocycles. The minimum atomic E-state index is 1.18. The van der Waals surface area contributed by atoms with Crippen LogP contribution in [0, 0.1) is 0 Å². The molecule has 0 N–H and O–H groups in total. The quantitative estimate of drug-likeness (QED) is 0.317. The number of aryl methyl sites for hydroxylation is 2. The van der Waals surface area contributed by atoms with Gasteiger partial charge in [0.25, 0.3) is 0 Å². The summed E-state index contributed by atoms with van der Waals surface area (Å²) in [7, 11) is 0. The Morgan fingerprint density at radius 1 is 0.667 bits per heavy atom. The molecule has 0 fully saturated rings. The highest BCUT2D eigenvalue weighted by atomic mass is 14.9. The van der Waals surface area contributed by atoms with E-state index < -0.39 is 0 Å². The third kappa shape index (κ3) is 9.66. The Morgan fingerprint density at radius 2 is 1.19 bits per heavy atom. The van der Waals surface area contributed by atoms with Gasteiger partial charge in [-0.1, -0.05) is 65.2 Å². The van der Waals surface area contributed by atoms with Crippen molar-refractivity contribution < 1.29 is 4.57 Å². The SMILES string of the molecule is CCCCCCCCc1cc[n+](CCCCCCC)cc1. The molecular weight excluding hydrogens is 254 g/mol. The van der Waals surface area contributed by atoms with Crippen molar-refractivity contribution in [2.45, 2.75) is 97.4 Å². The van der Waals surface area contributed by atoms with Crippen molar-refractivity contribution in [2.75, 3.05) is 0 Å². The second-order valence-electron chi connectivity index (χ2n) is 6.38. The Bertz CT molecular complexity index is 328. The number of rotatable bonds is 13. The van der Waals surface area contributed by atoms with Crippen molar-refractivity contribution in [3.8, 4) is 0 Å². The van der Waals surface area contributed by atoms with Crippen molar-refractivity contribution in [3.63, 3.8) is 0 Å². The van der Waals surface area contributed by atoms with Gasteiger partial charge < -0.3 is 0 Å². The first-order chi connectivity index (χ1) is 10.4. The molecule has 0 unspecified atom stereocenters. The summed E-state index contributed by atoms with van der Waals surface area (Å²) >= 11 is 0. The average Bonchev–Trinajstić information content (AvgIpc) is 2.52. The monoisotopic (exact) mass is 290 g/mol. The molecule has 1 aromatic rings. The normalized spacial score (nSPS) is 11.0. The lowest BCUT2D eigenvalue weighted by molar-refractivity contribution is -0.697. The maximum Gasteiger partial charge on any atom is 0.169 e. The molecule has 1 nitrogen and oxygen atoms in total. The van der Waals surface area contributed by atoms with Crippen molar-refractivity contribution in [1.29, 1.82) is 0 Å². The third-order valence-corrected chi connectivity index (χ3v) is 4.30. The molecule has 0 spiro atoms. The van der Waals surface area contributed by atoms with Gasteiger partial charge in [0.1, 0.15) is 6.54 Å².